The minimum absolute atomic E-state index is 0.0868. The van der Waals surface area contributed by atoms with Crippen molar-refractivity contribution >= 4 is 52.8 Å². The number of carbonyl (C=O) groups is 1. The standard InChI is InChI=1S/C26H34Cl2N6.CH2O2.CO2/c1-16-6-5-10-32(14-16)23-9-11-33(15-17(23)2)24-13-29-25-18(3)31-34(26(25)30-24)19(4)21-8-7-20(27)12-22(21)28;2*2-1-3/h7-8,12-13,16-17,19,23H,5-6,9-11,14-15H2,1-4H3;1H,(H,2,3);/t16-,17-,19-,23+;;/m1../s1. The van der Waals surface area contributed by atoms with E-state index in [0.29, 0.717) is 22.0 Å². The Morgan fingerprint density at radius 1 is 1.15 bits per heavy atom. The summed E-state index contributed by atoms with van der Waals surface area (Å²) in [4.78, 5) is 39.6. The van der Waals surface area contributed by atoms with Crippen LogP contribution in [0.4, 0.5) is 5.82 Å². The molecule has 0 aliphatic carbocycles. The number of carbonyl (C=O) groups excluding carboxylic acids is 2. The molecule has 0 spiro atoms. The molecular formula is C28H36Cl2N6O4. The number of halogens is 2. The van der Waals surface area contributed by atoms with Crippen LogP contribution in [-0.4, -0.2) is 74.6 Å². The molecule has 1 aromatic carbocycles. The topological polar surface area (TPSA) is 122 Å². The van der Waals surface area contributed by atoms with Gasteiger partial charge in [0.05, 0.1) is 17.9 Å². The fourth-order valence-corrected chi connectivity index (χ4v) is 6.41. The Morgan fingerprint density at radius 3 is 2.48 bits per heavy atom. The number of aryl methyl sites for hydroxylation is 1. The summed E-state index contributed by atoms with van der Waals surface area (Å²) in [5.74, 6) is 2.34. The molecule has 0 unspecified atom stereocenters. The lowest BCUT2D eigenvalue weighted by Crippen LogP contribution is -2.52. The number of hydrogen-bond acceptors (Lipinski definition) is 8. The molecule has 2 saturated heterocycles. The van der Waals surface area contributed by atoms with E-state index in [1.807, 2.05) is 29.9 Å². The Balaban J connectivity index is 0.000000676. The van der Waals surface area contributed by atoms with Crippen LogP contribution in [0.3, 0.4) is 0 Å². The van der Waals surface area contributed by atoms with Crippen LogP contribution in [0, 0.1) is 18.8 Å². The first-order valence-corrected chi connectivity index (χ1v) is 14.1. The van der Waals surface area contributed by atoms with Crippen LogP contribution in [0.15, 0.2) is 24.4 Å². The third-order valence-electron chi connectivity index (χ3n) is 7.68. The lowest BCUT2D eigenvalue weighted by molar-refractivity contribution is -0.191. The van der Waals surface area contributed by atoms with E-state index in [1.165, 1.54) is 32.4 Å². The van der Waals surface area contributed by atoms with E-state index in [-0.39, 0.29) is 18.7 Å². The Bertz CT molecular complexity index is 1330. The Labute approximate surface area is 244 Å². The summed E-state index contributed by atoms with van der Waals surface area (Å²) < 4.78 is 1.95. The zero-order valence-corrected chi connectivity index (χ0v) is 24.8. The Hall–Kier alpha value is -3.04. The molecule has 2 aliphatic rings. The molecule has 2 aliphatic heterocycles. The van der Waals surface area contributed by atoms with Crippen LogP contribution in [-0.2, 0) is 14.4 Å². The van der Waals surface area contributed by atoms with Crippen molar-refractivity contribution in [2.75, 3.05) is 31.1 Å². The number of fused-ring (bicyclic) bond motifs is 1. The van der Waals surface area contributed by atoms with Gasteiger partial charge in [-0.25, -0.2) is 14.6 Å². The third-order valence-corrected chi connectivity index (χ3v) is 8.24. The molecule has 1 N–H and O–H groups in total. The molecule has 2 fully saturated rings. The van der Waals surface area contributed by atoms with Crippen molar-refractivity contribution in [2.24, 2.45) is 11.8 Å². The summed E-state index contributed by atoms with van der Waals surface area (Å²) in [5, 5.41) is 12.9. The first-order chi connectivity index (χ1) is 19.1. The number of benzene rings is 1. The maximum Gasteiger partial charge on any atom is 0.373 e. The molecule has 216 valence electrons. The minimum atomic E-state index is -0.250. The average molecular weight is 592 g/mol. The second-order valence-corrected chi connectivity index (χ2v) is 11.3. The zero-order valence-electron chi connectivity index (χ0n) is 23.3. The van der Waals surface area contributed by atoms with Crippen molar-refractivity contribution in [1.29, 1.82) is 0 Å². The number of hydrogen-bond donors (Lipinski definition) is 1. The highest BCUT2D eigenvalue weighted by Gasteiger charge is 2.33. The molecule has 0 radical (unpaired) electrons. The van der Waals surface area contributed by atoms with E-state index in [4.69, 9.17) is 57.8 Å². The molecule has 4 atom stereocenters. The molecule has 3 aromatic rings. The highest BCUT2D eigenvalue weighted by atomic mass is 35.5. The second-order valence-electron chi connectivity index (χ2n) is 10.5. The molecule has 10 nitrogen and oxygen atoms in total. The van der Waals surface area contributed by atoms with Crippen molar-refractivity contribution in [2.45, 2.75) is 59.0 Å². The molecular weight excluding hydrogens is 555 g/mol. The molecule has 0 saturated carbocycles. The van der Waals surface area contributed by atoms with Crippen molar-refractivity contribution in [3.63, 3.8) is 0 Å². The molecule has 12 heteroatoms. The summed E-state index contributed by atoms with van der Waals surface area (Å²) in [7, 11) is 0. The van der Waals surface area contributed by atoms with E-state index in [1.54, 1.807) is 6.07 Å². The zero-order chi connectivity index (χ0) is 29.4. The van der Waals surface area contributed by atoms with Crippen molar-refractivity contribution in [1.82, 2.24) is 24.6 Å². The second kappa shape index (κ2) is 14.6. The molecule has 40 heavy (non-hydrogen) atoms. The van der Waals surface area contributed by atoms with Gasteiger partial charge in [-0.05, 0) is 69.2 Å². The van der Waals surface area contributed by atoms with Gasteiger partial charge in [-0.3, -0.25) is 9.69 Å². The fraction of sp³-hybridized carbons (Fsp3) is 0.536. The van der Waals surface area contributed by atoms with Crippen LogP contribution in [0.1, 0.15) is 57.3 Å². The Morgan fingerprint density at radius 2 is 1.85 bits per heavy atom. The van der Waals surface area contributed by atoms with E-state index in [2.05, 4.69) is 30.6 Å². The summed E-state index contributed by atoms with van der Waals surface area (Å²) in [6.45, 7) is 13.1. The van der Waals surface area contributed by atoms with E-state index >= 15 is 0 Å². The van der Waals surface area contributed by atoms with Crippen LogP contribution >= 0.6 is 23.2 Å². The normalized spacial score (nSPS) is 21.9. The number of carboxylic acid groups (broad SMARTS) is 1. The summed E-state index contributed by atoms with van der Waals surface area (Å²) >= 11 is 12.6. The summed E-state index contributed by atoms with van der Waals surface area (Å²) in [6.07, 6.45) is 6.03. The smallest absolute Gasteiger partial charge is 0.373 e. The molecule has 0 amide bonds. The van der Waals surface area contributed by atoms with E-state index in [9.17, 15) is 0 Å². The van der Waals surface area contributed by atoms with Crippen LogP contribution < -0.4 is 4.90 Å². The van der Waals surface area contributed by atoms with Crippen LogP contribution in [0.25, 0.3) is 11.2 Å². The highest BCUT2D eigenvalue weighted by Crippen LogP contribution is 2.32. The van der Waals surface area contributed by atoms with E-state index in [0.717, 1.165) is 47.2 Å². The van der Waals surface area contributed by atoms with Crippen molar-refractivity contribution in [3.8, 4) is 0 Å². The van der Waals surface area contributed by atoms with Gasteiger partial charge in [0.2, 0.25) is 0 Å². The quantitative estimate of drug-likeness (QED) is 0.413. The van der Waals surface area contributed by atoms with Crippen LogP contribution in [0.5, 0.6) is 0 Å². The van der Waals surface area contributed by atoms with E-state index < -0.39 is 0 Å². The lowest BCUT2D eigenvalue weighted by atomic mass is 9.89. The molecule has 4 heterocycles. The fourth-order valence-electron chi connectivity index (χ4n) is 5.85. The van der Waals surface area contributed by atoms with Gasteiger partial charge < -0.3 is 10.0 Å². The van der Waals surface area contributed by atoms with Gasteiger partial charge in [0, 0.05) is 35.7 Å². The largest absolute Gasteiger partial charge is 0.483 e. The SMILES string of the molecule is Cc1nn([C@H](C)c2ccc(Cl)cc2Cl)c2nc(N3CC[C@H](N4CCC[C@@H](C)C4)[C@H](C)C3)cnc12.O=C=O.O=CO. The predicted molar refractivity (Wildman–Crippen MR) is 154 cm³/mol. The third kappa shape index (κ3) is 7.37. The molecule has 2 aromatic heterocycles. The lowest BCUT2D eigenvalue weighted by Gasteiger charge is -2.45. The number of rotatable bonds is 4. The first-order valence-electron chi connectivity index (χ1n) is 13.4. The number of anilines is 1. The number of likely N-dealkylation sites (tertiary alicyclic amines) is 1. The maximum absolute atomic E-state index is 8.36. The van der Waals surface area contributed by atoms with Crippen molar-refractivity contribution < 1.29 is 19.5 Å². The van der Waals surface area contributed by atoms with Gasteiger partial charge in [-0.2, -0.15) is 14.7 Å². The summed E-state index contributed by atoms with van der Waals surface area (Å²) in [5.41, 5.74) is 3.48. The number of piperidine rings is 2. The van der Waals surface area contributed by atoms with Gasteiger partial charge in [-0.1, -0.05) is 43.1 Å². The van der Waals surface area contributed by atoms with Gasteiger partial charge in [0.1, 0.15) is 11.3 Å². The van der Waals surface area contributed by atoms with Gasteiger partial charge in [0.25, 0.3) is 6.47 Å². The average Bonchev–Trinajstić information content (AvgIpc) is 3.25. The number of nitrogens with zero attached hydrogens (tertiary/aromatic N) is 6. The number of aromatic nitrogens is 4. The van der Waals surface area contributed by atoms with Gasteiger partial charge in [-0.15, -0.1) is 0 Å². The predicted octanol–water partition coefficient (Wildman–Crippen LogP) is 5.11. The van der Waals surface area contributed by atoms with Crippen molar-refractivity contribution in [3.05, 3.63) is 45.7 Å². The maximum atomic E-state index is 8.36. The molecule has 0 bridgehead atoms. The monoisotopic (exact) mass is 590 g/mol. The Kier molecular flexibility index (Phi) is 11.5. The van der Waals surface area contributed by atoms with Gasteiger partial charge >= 0.3 is 6.15 Å². The first kappa shape index (κ1) is 31.5. The molecule has 5 rings (SSSR count). The highest BCUT2D eigenvalue weighted by molar-refractivity contribution is 6.35. The van der Waals surface area contributed by atoms with Crippen LogP contribution in [0.2, 0.25) is 10.0 Å². The summed E-state index contributed by atoms with van der Waals surface area (Å²) in [6, 6.07) is 6.18. The van der Waals surface area contributed by atoms with Gasteiger partial charge in [0.15, 0.2) is 5.65 Å². The minimum Gasteiger partial charge on any atom is -0.483 e.